The van der Waals surface area contributed by atoms with Crippen LogP contribution >= 0.6 is 0 Å². The number of ether oxygens (including phenoxy) is 2. The lowest BCUT2D eigenvalue weighted by Crippen LogP contribution is -2.28. The van der Waals surface area contributed by atoms with Gasteiger partial charge in [0, 0.05) is 24.2 Å². The van der Waals surface area contributed by atoms with Crippen molar-refractivity contribution in [2.45, 2.75) is 13.2 Å². The molecule has 0 radical (unpaired) electrons. The zero-order valence-corrected chi connectivity index (χ0v) is 15.8. The number of carbonyl (C=O) groups is 1. The minimum Gasteiger partial charge on any atom is -0.495 e. The molecular weight excluding hydrogens is 379 g/mol. The van der Waals surface area contributed by atoms with Crippen LogP contribution < -0.4 is 19.9 Å². The summed E-state index contributed by atoms with van der Waals surface area (Å²) in [6.07, 6.45) is 1.55. The van der Waals surface area contributed by atoms with Gasteiger partial charge in [-0.2, -0.15) is 5.10 Å². The van der Waals surface area contributed by atoms with E-state index in [4.69, 9.17) is 9.47 Å². The average Bonchev–Trinajstić information content (AvgIpc) is 3.07. The van der Waals surface area contributed by atoms with E-state index in [9.17, 15) is 14.0 Å². The first-order valence-electron chi connectivity index (χ1n) is 8.77. The molecule has 0 bridgehead atoms. The zero-order chi connectivity index (χ0) is 20.5. The van der Waals surface area contributed by atoms with Crippen LogP contribution in [0.4, 0.5) is 10.2 Å². The van der Waals surface area contributed by atoms with Crippen molar-refractivity contribution in [3.8, 4) is 11.5 Å². The van der Waals surface area contributed by atoms with Crippen LogP contribution in [0.1, 0.15) is 21.6 Å². The Balaban J connectivity index is 1.55. The maximum atomic E-state index is 15.0. The largest absolute Gasteiger partial charge is 0.495 e. The third kappa shape index (κ3) is 3.42. The molecule has 0 unspecified atom stereocenters. The number of benzene rings is 1. The van der Waals surface area contributed by atoms with E-state index in [1.807, 2.05) is 0 Å². The fourth-order valence-corrected chi connectivity index (χ4v) is 3.03. The Morgan fingerprint density at radius 3 is 2.66 bits per heavy atom. The Bertz CT molecular complexity index is 1140. The predicted molar refractivity (Wildman–Crippen MR) is 102 cm³/mol. The van der Waals surface area contributed by atoms with E-state index in [-0.39, 0.29) is 47.3 Å². The molecule has 8 nitrogen and oxygen atoms in total. The number of pyridine rings is 1. The van der Waals surface area contributed by atoms with Crippen LogP contribution in [0.15, 0.2) is 47.4 Å². The molecule has 1 amide bonds. The quantitative estimate of drug-likeness (QED) is 0.656. The first-order valence-corrected chi connectivity index (χ1v) is 8.77. The molecule has 4 rings (SSSR count). The number of methoxy groups -OCH3 is 1. The number of anilines is 1. The van der Waals surface area contributed by atoms with Gasteiger partial charge in [0.15, 0.2) is 17.4 Å². The van der Waals surface area contributed by atoms with Crippen LogP contribution in [0.25, 0.3) is 0 Å². The van der Waals surface area contributed by atoms with Gasteiger partial charge in [-0.1, -0.05) is 0 Å². The van der Waals surface area contributed by atoms with Gasteiger partial charge in [0.2, 0.25) is 0 Å². The van der Waals surface area contributed by atoms with Crippen molar-refractivity contribution >= 4 is 11.7 Å². The topological polar surface area (TPSA) is 86.5 Å². The number of carbonyl (C=O) groups excluding carboxylic acids is 1. The highest BCUT2D eigenvalue weighted by molar-refractivity contribution is 6.09. The second kappa shape index (κ2) is 7.34. The normalized spacial score (nSPS) is 12.8. The van der Waals surface area contributed by atoms with Gasteiger partial charge in [-0.25, -0.2) is 9.07 Å². The summed E-state index contributed by atoms with van der Waals surface area (Å²) in [5.74, 6) is -0.0600. The number of hydrogen-bond acceptors (Lipinski definition) is 6. The lowest BCUT2D eigenvalue weighted by molar-refractivity contribution is 0.0995. The lowest BCUT2D eigenvalue weighted by atomic mass is 10.1. The van der Waals surface area contributed by atoms with Crippen LogP contribution in [-0.4, -0.2) is 27.8 Å². The number of halogens is 1. The molecule has 0 atom stereocenters. The number of fused-ring (bicyclic) bond motifs is 1. The van der Waals surface area contributed by atoms with E-state index >= 15 is 0 Å². The molecule has 1 aliphatic heterocycles. The summed E-state index contributed by atoms with van der Waals surface area (Å²) < 4.78 is 26.7. The molecule has 29 heavy (non-hydrogen) atoms. The molecule has 0 N–H and O–H groups in total. The van der Waals surface area contributed by atoms with Gasteiger partial charge in [0.25, 0.3) is 11.5 Å². The zero-order valence-electron chi connectivity index (χ0n) is 15.8. The summed E-state index contributed by atoms with van der Waals surface area (Å²) in [6, 6.07) is 9.16. The highest BCUT2D eigenvalue weighted by atomic mass is 19.1. The molecule has 2 aromatic heterocycles. The van der Waals surface area contributed by atoms with E-state index in [1.54, 1.807) is 25.4 Å². The standard InChI is InChI=1S/C20H17FN4O4/c1-24-18(26)8-7-17(23-24)25-10-15-14(20(25)27)5-6-16(19(15)21)29-11-12-3-4-13(28-2)9-22-12/h3-9H,10-11H2,1-2H3. The second-order valence-corrected chi connectivity index (χ2v) is 6.43. The minimum absolute atomic E-state index is 0.00316. The smallest absolute Gasteiger partial charge is 0.266 e. The van der Waals surface area contributed by atoms with Gasteiger partial charge in [0.1, 0.15) is 12.4 Å². The van der Waals surface area contributed by atoms with Crippen LogP contribution in [0, 0.1) is 5.82 Å². The second-order valence-electron chi connectivity index (χ2n) is 6.43. The predicted octanol–water partition coefficient (Wildman–Crippen LogP) is 2.06. The molecule has 1 aliphatic rings. The highest BCUT2D eigenvalue weighted by Crippen LogP contribution is 2.33. The van der Waals surface area contributed by atoms with Crippen LogP contribution in [0.2, 0.25) is 0 Å². The van der Waals surface area contributed by atoms with Gasteiger partial charge in [-0.15, -0.1) is 0 Å². The monoisotopic (exact) mass is 396 g/mol. The summed E-state index contributed by atoms with van der Waals surface area (Å²) in [6.45, 7) is 0.0723. The van der Waals surface area contributed by atoms with Crippen molar-refractivity contribution in [1.29, 1.82) is 0 Å². The maximum absolute atomic E-state index is 15.0. The number of amides is 1. The Morgan fingerprint density at radius 2 is 1.97 bits per heavy atom. The van der Waals surface area contributed by atoms with Crippen molar-refractivity contribution in [3.63, 3.8) is 0 Å². The Hall–Kier alpha value is -3.75. The maximum Gasteiger partial charge on any atom is 0.266 e. The Labute approximate surface area is 165 Å². The Morgan fingerprint density at radius 1 is 1.14 bits per heavy atom. The number of rotatable bonds is 5. The lowest BCUT2D eigenvalue weighted by Gasteiger charge is -2.14. The molecule has 3 aromatic rings. The summed E-state index contributed by atoms with van der Waals surface area (Å²) in [5, 5.41) is 4.07. The SMILES string of the molecule is COc1ccc(COc2ccc3c(c2F)CN(c2ccc(=O)n(C)n2)C3=O)nc1. The molecule has 0 fully saturated rings. The number of aryl methyl sites for hydroxylation is 1. The van der Waals surface area contributed by atoms with Gasteiger partial charge in [-0.05, 0) is 30.3 Å². The molecule has 3 heterocycles. The number of nitrogens with zero attached hydrogens (tertiary/aromatic N) is 4. The fourth-order valence-electron chi connectivity index (χ4n) is 3.03. The molecule has 0 saturated carbocycles. The van der Waals surface area contributed by atoms with Crippen molar-refractivity contribution in [1.82, 2.24) is 14.8 Å². The first-order chi connectivity index (χ1) is 14.0. The van der Waals surface area contributed by atoms with Crippen LogP contribution in [0.3, 0.4) is 0 Å². The van der Waals surface area contributed by atoms with E-state index < -0.39 is 5.82 Å². The third-order valence-electron chi connectivity index (χ3n) is 4.63. The third-order valence-corrected chi connectivity index (χ3v) is 4.63. The molecule has 9 heteroatoms. The first kappa shape index (κ1) is 18.6. The number of hydrogen-bond donors (Lipinski definition) is 0. The van der Waals surface area contributed by atoms with E-state index in [2.05, 4.69) is 10.1 Å². The average molecular weight is 396 g/mol. The van der Waals surface area contributed by atoms with E-state index in [0.29, 0.717) is 11.4 Å². The van der Waals surface area contributed by atoms with Crippen molar-refractivity contribution in [2.24, 2.45) is 7.05 Å². The number of aromatic nitrogens is 3. The molecular formula is C20H17FN4O4. The molecule has 0 aliphatic carbocycles. The van der Waals surface area contributed by atoms with Crippen molar-refractivity contribution in [3.05, 3.63) is 75.6 Å². The summed E-state index contributed by atoms with van der Waals surface area (Å²) >= 11 is 0. The van der Waals surface area contributed by atoms with Gasteiger partial charge in [0.05, 0.1) is 25.5 Å². The molecule has 1 aromatic carbocycles. The van der Waals surface area contributed by atoms with Crippen molar-refractivity contribution in [2.75, 3.05) is 12.0 Å². The minimum atomic E-state index is -0.600. The Kier molecular flexibility index (Phi) is 4.71. The van der Waals surface area contributed by atoms with Gasteiger partial charge >= 0.3 is 0 Å². The molecule has 0 saturated heterocycles. The molecule has 148 valence electrons. The van der Waals surface area contributed by atoms with E-state index in [0.717, 1.165) is 4.68 Å². The summed E-state index contributed by atoms with van der Waals surface area (Å²) in [4.78, 5) is 29.7. The summed E-state index contributed by atoms with van der Waals surface area (Å²) in [5.41, 5.74) is 0.781. The fraction of sp³-hybridized carbons (Fsp3) is 0.200. The summed E-state index contributed by atoms with van der Waals surface area (Å²) in [7, 11) is 3.03. The molecule has 0 spiro atoms. The van der Waals surface area contributed by atoms with Gasteiger partial charge < -0.3 is 9.47 Å². The van der Waals surface area contributed by atoms with E-state index in [1.165, 1.54) is 36.2 Å². The highest BCUT2D eigenvalue weighted by Gasteiger charge is 2.33. The van der Waals surface area contributed by atoms with Crippen molar-refractivity contribution < 1.29 is 18.7 Å². The van der Waals surface area contributed by atoms with Crippen LogP contribution in [0.5, 0.6) is 11.5 Å². The van der Waals surface area contributed by atoms with Gasteiger partial charge in [-0.3, -0.25) is 19.5 Å². The van der Waals surface area contributed by atoms with Crippen LogP contribution in [-0.2, 0) is 20.2 Å².